The molecule has 7 heteroatoms. The largest absolute Gasteiger partial charge is 0.493 e. The number of carbonyl (C=O) groups is 1. The number of hydrogen-bond acceptors (Lipinski definition) is 4. The quantitative estimate of drug-likeness (QED) is 0.598. The number of thioether (sulfide) groups is 1. The average Bonchev–Trinajstić information content (AvgIpc) is 2.63. The first-order valence-electron chi connectivity index (χ1n) is 8.11. The Labute approximate surface area is 168 Å². The summed E-state index contributed by atoms with van der Waals surface area (Å²) in [5, 5.41) is 4.18. The van der Waals surface area contributed by atoms with Crippen LogP contribution in [0.4, 0.5) is 0 Å². The van der Waals surface area contributed by atoms with E-state index < -0.39 is 6.10 Å². The van der Waals surface area contributed by atoms with Crippen LogP contribution >= 0.6 is 35.0 Å². The molecule has 0 bridgehead atoms. The van der Waals surface area contributed by atoms with Gasteiger partial charge >= 0.3 is 0 Å². The van der Waals surface area contributed by atoms with E-state index in [2.05, 4.69) is 5.32 Å². The maximum Gasteiger partial charge on any atom is 0.260 e. The van der Waals surface area contributed by atoms with E-state index in [0.717, 1.165) is 11.3 Å². The van der Waals surface area contributed by atoms with Crippen molar-refractivity contribution in [2.45, 2.75) is 18.8 Å². The van der Waals surface area contributed by atoms with E-state index in [0.29, 0.717) is 33.8 Å². The number of rotatable bonds is 9. The molecule has 2 aromatic rings. The van der Waals surface area contributed by atoms with E-state index in [-0.39, 0.29) is 5.91 Å². The van der Waals surface area contributed by atoms with E-state index in [1.165, 1.54) is 0 Å². The molecular weight excluding hydrogens is 393 g/mol. The van der Waals surface area contributed by atoms with Crippen LogP contribution in [0.1, 0.15) is 12.5 Å². The van der Waals surface area contributed by atoms with E-state index >= 15 is 0 Å². The Bertz CT molecular complexity index is 722. The van der Waals surface area contributed by atoms with Gasteiger partial charge in [0.2, 0.25) is 0 Å². The fourth-order valence-electron chi connectivity index (χ4n) is 2.19. The number of benzene rings is 2. The molecule has 4 nitrogen and oxygen atoms in total. The summed E-state index contributed by atoms with van der Waals surface area (Å²) in [4.78, 5) is 12.2. The van der Waals surface area contributed by atoms with Crippen molar-refractivity contribution >= 4 is 40.9 Å². The topological polar surface area (TPSA) is 47.6 Å². The summed E-state index contributed by atoms with van der Waals surface area (Å²) in [6.45, 7) is 2.24. The summed E-state index contributed by atoms with van der Waals surface area (Å²) >= 11 is 13.9. The minimum Gasteiger partial charge on any atom is -0.493 e. The van der Waals surface area contributed by atoms with Crippen molar-refractivity contribution in [2.24, 2.45) is 0 Å². The van der Waals surface area contributed by atoms with E-state index in [9.17, 15) is 4.79 Å². The lowest BCUT2D eigenvalue weighted by molar-refractivity contribution is -0.127. The van der Waals surface area contributed by atoms with Crippen molar-refractivity contribution in [3.63, 3.8) is 0 Å². The molecule has 1 amide bonds. The van der Waals surface area contributed by atoms with Gasteiger partial charge in [0.05, 0.1) is 7.11 Å². The average molecular weight is 414 g/mol. The van der Waals surface area contributed by atoms with Gasteiger partial charge in [-0.1, -0.05) is 41.4 Å². The third kappa shape index (κ3) is 6.01. The highest BCUT2D eigenvalue weighted by Gasteiger charge is 2.16. The third-order valence-electron chi connectivity index (χ3n) is 3.60. The lowest BCUT2D eigenvalue weighted by Crippen LogP contribution is -2.37. The van der Waals surface area contributed by atoms with E-state index in [1.807, 2.05) is 30.3 Å². The normalized spacial score (nSPS) is 11.7. The number of halogens is 2. The number of para-hydroxylation sites is 2. The predicted octanol–water partition coefficient (Wildman–Crippen LogP) is 4.82. The van der Waals surface area contributed by atoms with Gasteiger partial charge in [-0.15, -0.1) is 0 Å². The second kappa shape index (κ2) is 10.6. The Morgan fingerprint density at radius 2 is 1.77 bits per heavy atom. The van der Waals surface area contributed by atoms with Crippen molar-refractivity contribution in [3.05, 3.63) is 58.1 Å². The smallest absolute Gasteiger partial charge is 0.260 e. The lowest BCUT2D eigenvalue weighted by atomic mass is 10.2. The Balaban J connectivity index is 1.73. The Morgan fingerprint density at radius 1 is 1.12 bits per heavy atom. The van der Waals surface area contributed by atoms with Crippen molar-refractivity contribution in [3.8, 4) is 11.5 Å². The minimum absolute atomic E-state index is 0.174. The first-order valence-corrected chi connectivity index (χ1v) is 10.0. The maximum atomic E-state index is 12.2. The van der Waals surface area contributed by atoms with E-state index in [4.69, 9.17) is 32.7 Å². The molecule has 140 valence electrons. The maximum absolute atomic E-state index is 12.2. The molecule has 0 aliphatic heterocycles. The predicted molar refractivity (Wildman–Crippen MR) is 109 cm³/mol. The molecule has 0 aromatic heterocycles. The highest BCUT2D eigenvalue weighted by Crippen LogP contribution is 2.28. The van der Waals surface area contributed by atoms with Gasteiger partial charge in [0.25, 0.3) is 5.91 Å². The second-order valence-electron chi connectivity index (χ2n) is 5.45. The fraction of sp³-hybridized carbons (Fsp3) is 0.316. The van der Waals surface area contributed by atoms with Gasteiger partial charge < -0.3 is 14.8 Å². The molecular formula is C19H21Cl2NO3S. The Hall–Kier alpha value is -1.56. The molecule has 26 heavy (non-hydrogen) atoms. The summed E-state index contributed by atoms with van der Waals surface area (Å²) < 4.78 is 10.9. The molecule has 2 aromatic carbocycles. The van der Waals surface area contributed by atoms with Crippen LogP contribution in [0.15, 0.2) is 42.5 Å². The molecule has 0 unspecified atom stereocenters. The first kappa shape index (κ1) is 20.7. The Morgan fingerprint density at radius 3 is 2.42 bits per heavy atom. The molecule has 0 heterocycles. The summed E-state index contributed by atoms with van der Waals surface area (Å²) in [7, 11) is 1.56. The molecule has 1 atom stereocenters. The van der Waals surface area contributed by atoms with Gasteiger partial charge in [-0.3, -0.25) is 4.79 Å². The van der Waals surface area contributed by atoms with Crippen LogP contribution in [0.25, 0.3) is 0 Å². The second-order valence-corrected chi connectivity index (χ2v) is 7.37. The van der Waals surface area contributed by atoms with Gasteiger partial charge in [0.1, 0.15) is 0 Å². The zero-order chi connectivity index (χ0) is 18.9. The van der Waals surface area contributed by atoms with Crippen LogP contribution in [0, 0.1) is 0 Å². The molecule has 0 saturated heterocycles. The highest BCUT2D eigenvalue weighted by molar-refractivity contribution is 7.98. The van der Waals surface area contributed by atoms with E-state index in [1.54, 1.807) is 37.9 Å². The third-order valence-corrected chi connectivity index (χ3v) is 5.29. The summed E-state index contributed by atoms with van der Waals surface area (Å²) in [6, 6.07) is 12.7. The Kier molecular flexibility index (Phi) is 8.42. The van der Waals surface area contributed by atoms with Crippen LogP contribution < -0.4 is 14.8 Å². The zero-order valence-corrected chi connectivity index (χ0v) is 17.0. The van der Waals surface area contributed by atoms with Gasteiger partial charge in [0, 0.05) is 28.1 Å². The van der Waals surface area contributed by atoms with Crippen molar-refractivity contribution in [1.82, 2.24) is 5.32 Å². The number of hydrogen-bond donors (Lipinski definition) is 1. The molecule has 1 N–H and O–H groups in total. The molecule has 0 fully saturated rings. The highest BCUT2D eigenvalue weighted by atomic mass is 35.5. The van der Waals surface area contributed by atoms with Crippen LogP contribution in [0.5, 0.6) is 11.5 Å². The summed E-state index contributed by atoms with van der Waals surface area (Å²) in [5.74, 6) is 2.41. The van der Waals surface area contributed by atoms with Gasteiger partial charge in [-0.2, -0.15) is 11.8 Å². The molecule has 0 radical (unpaired) electrons. The molecule has 2 rings (SSSR count). The van der Waals surface area contributed by atoms with Crippen molar-refractivity contribution in [2.75, 3.05) is 19.4 Å². The minimum atomic E-state index is -0.616. The molecule has 0 saturated carbocycles. The monoisotopic (exact) mass is 413 g/mol. The first-order chi connectivity index (χ1) is 12.5. The van der Waals surface area contributed by atoms with Gasteiger partial charge in [-0.05, 0) is 36.8 Å². The van der Waals surface area contributed by atoms with Gasteiger partial charge in [-0.25, -0.2) is 0 Å². The van der Waals surface area contributed by atoms with Gasteiger partial charge in [0.15, 0.2) is 17.6 Å². The molecule has 0 aliphatic rings. The van der Waals surface area contributed by atoms with Crippen molar-refractivity contribution < 1.29 is 14.3 Å². The van der Waals surface area contributed by atoms with Crippen LogP contribution in [0.2, 0.25) is 10.0 Å². The van der Waals surface area contributed by atoms with Crippen LogP contribution in [-0.2, 0) is 10.5 Å². The fourth-order valence-corrected chi connectivity index (χ4v) is 3.79. The number of methoxy groups -OCH3 is 1. The SMILES string of the molecule is COc1ccccc1O[C@H](C)C(=O)NCCSCc1c(Cl)cccc1Cl. The summed E-state index contributed by atoms with van der Waals surface area (Å²) in [5.41, 5.74) is 0.917. The van der Waals surface area contributed by atoms with Crippen molar-refractivity contribution in [1.29, 1.82) is 0 Å². The standard InChI is InChI=1S/C19H21Cl2NO3S/c1-13(25-18-9-4-3-8-17(18)24-2)19(23)22-10-11-26-12-14-15(20)6-5-7-16(14)21/h3-9,13H,10-12H2,1-2H3,(H,22,23)/t13-/m1/s1. The number of amides is 1. The zero-order valence-electron chi connectivity index (χ0n) is 14.6. The number of carbonyl (C=O) groups excluding carboxylic acids is 1. The van der Waals surface area contributed by atoms with Crippen LogP contribution in [0.3, 0.4) is 0 Å². The van der Waals surface area contributed by atoms with Crippen LogP contribution in [-0.4, -0.2) is 31.4 Å². The summed E-state index contributed by atoms with van der Waals surface area (Å²) in [6.07, 6.45) is -0.616. The number of nitrogens with one attached hydrogen (secondary N) is 1. The molecule has 0 aliphatic carbocycles. The number of ether oxygens (including phenoxy) is 2. The lowest BCUT2D eigenvalue weighted by Gasteiger charge is -2.16. The molecule has 0 spiro atoms.